The van der Waals surface area contributed by atoms with Gasteiger partial charge >= 0.3 is 0 Å². The lowest BCUT2D eigenvalue weighted by atomic mass is 10.1. The summed E-state index contributed by atoms with van der Waals surface area (Å²) in [4.78, 5) is 4.23. The third-order valence-corrected chi connectivity index (χ3v) is 3.06. The average molecular weight is 297 g/mol. The van der Waals surface area contributed by atoms with Gasteiger partial charge in [0.05, 0.1) is 12.5 Å². The van der Waals surface area contributed by atoms with Crippen molar-refractivity contribution in [2.45, 2.75) is 25.9 Å². The van der Waals surface area contributed by atoms with E-state index in [2.05, 4.69) is 26.1 Å². The summed E-state index contributed by atoms with van der Waals surface area (Å²) in [7, 11) is 0. The Morgan fingerprint density at radius 2 is 2.18 bits per heavy atom. The first kappa shape index (κ1) is 12.3. The van der Waals surface area contributed by atoms with Gasteiger partial charge in [0.25, 0.3) is 0 Å². The molecule has 5 heteroatoms. The molecule has 0 spiro atoms. The lowest BCUT2D eigenvalue weighted by Gasteiger charge is -1.99. The normalized spacial score (nSPS) is 12.6. The fourth-order valence-electron chi connectivity index (χ4n) is 1.51. The first-order valence-electron chi connectivity index (χ1n) is 5.38. The summed E-state index contributed by atoms with van der Waals surface area (Å²) in [5.74, 6) is 1.11. The minimum absolute atomic E-state index is 0.392. The maximum absolute atomic E-state index is 9.21. The Hall–Kier alpha value is -1.20. The Balaban J connectivity index is 2.09. The molecule has 0 radical (unpaired) electrons. The highest BCUT2D eigenvalue weighted by Crippen LogP contribution is 2.18. The first-order valence-corrected chi connectivity index (χ1v) is 6.17. The lowest BCUT2D eigenvalue weighted by Crippen LogP contribution is -2.04. The third-order valence-electron chi connectivity index (χ3n) is 2.29. The van der Waals surface area contributed by atoms with Gasteiger partial charge in [0.2, 0.25) is 5.89 Å². The molecular weight excluding hydrogens is 284 g/mol. The van der Waals surface area contributed by atoms with Crippen LogP contribution in [0.1, 0.15) is 24.2 Å². The van der Waals surface area contributed by atoms with E-state index in [-0.39, 0.29) is 0 Å². The van der Waals surface area contributed by atoms with E-state index in [1.165, 1.54) is 0 Å². The van der Waals surface area contributed by atoms with Crippen LogP contribution in [-0.2, 0) is 12.8 Å². The van der Waals surface area contributed by atoms with E-state index >= 15 is 0 Å². The molecule has 0 bridgehead atoms. The second-order valence-corrected chi connectivity index (χ2v) is 4.78. The number of aromatic nitrogens is 2. The molecule has 0 saturated heterocycles. The second-order valence-electron chi connectivity index (χ2n) is 3.93. The number of nitrogens with zero attached hydrogens (tertiary/aromatic N) is 2. The van der Waals surface area contributed by atoms with Crippen LogP contribution >= 0.6 is 15.9 Å². The number of benzene rings is 1. The molecular formula is C12H13BrN2O2. The maximum Gasteiger partial charge on any atom is 0.229 e. The summed E-state index contributed by atoms with van der Waals surface area (Å²) in [5.41, 5.74) is 1.11. The van der Waals surface area contributed by atoms with Gasteiger partial charge in [0, 0.05) is 10.9 Å². The first-order chi connectivity index (χ1) is 8.15. The molecule has 1 unspecified atom stereocenters. The summed E-state index contributed by atoms with van der Waals surface area (Å²) in [6.45, 7) is 1.69. The number of aliphatic hydroxyl groups excluding tert-OH is 1. The van der Waals surface area contributed by atoms with Crippen molar-refractivity contribution in [3.05, 3.63) is 46.0 Å². The molecule has 0 aliphatic rings. The maximum atomic E-state index is 9.21. The molecule has 0 saturated carbocycles. The van der Waals surface area contributed by atoms with Crippen molar-refractivity contribution in [3.8, 4) is 0 Å². The zero-order valence-corrected chi connectivity index (χ0v) is 11.0. The number of hydrogen-bond donors (Lipinski definition) is 1. The zero-order chi connectivity index (χ0) is 12.3. The number of hydrogen-bond acceptors (Lipinski definition) is 4. The number of halogens is 1. The van der Waals surface area contributed by atoms with Gasteiger partial charge in [-0.3, -0.25) is 0 Å². The van der Waals surface area contributed by atoms with Crippen LogP contribution in [0.5, 0.6) is 0 Å². The third kappa shape index (κ3) is 3.38. The van der Waals surface area contributed by atoms with Crippen molar-refractivity contribution in [1.82, 2.24) is 10.1 Å². The Morgan fingerprint density at radius 1 is 1.41 bits per heavy atom. The van der Waals surface area contributed by atoms with Gasteiger partial charge in [-0.05, 0) is 18.6 Å². The number of aliphatic hydroxyl groups is 1. The number of rotatable bonds is 4. The van der Waals surface area contributed by atoms with Crippen molar-refractivity contribution < 1.29 is 9.63 Å². The fraction of sp³-hybridized carbons (Fsp3) is 0.333. The van der Waals surface area contributed by atoms with E-state index in [9.17, 15) is 5.11 Å². The van der Waals surface area contributed by atoms with Crippen molar-refractivity contribution in [2.75, 3.05) is 0 Å². The minimum Gasteiger partial charge on any atom is -0.393 e. The second kappa shape index (κ2) is 5.42. The summed E-state index contributed by atoms with van der Waals surface area (Å²) in [6.07, 6.45) is 0.542. The molecule has 4 nitrogen and oxygen atoms in total. The van der Waals surface area contributed by atoms with Crippen LogP contribution < -0.4 is 0 Å². The van der Waals surface area contributed by atoms with E-state index in [1.807, 2.05) is 24.3 Å². The largest absolute Gasteiger partial charge is 0.393 e. The van der Waals surface area contributed by atoms with Crippen molar-refractivity contribution >= 4 is 15.9 Å². The van der Waals surface area contributed by atoms with Gasteiger partial charge in [-0.15, -0.1) is 0 Å². The van der Waals surface area contributed by atoms with Crippen LogP contribution in [0.2, 0.25) is 0 Å². The predicted molar refractivity (Wildman–Crippen MR) is 66.6 cm³/mol. The van der Waals surface area contributed by atoms with E-state index in [0.29, 0.717) is 24.6 Å². The molecule has 0 aliphatic heterocycles. The highest BCUT2D eigenvalue weighted by atomic mass is 79.9. The molecule has 17 heavy (non-hydrogen) atoms. The average Bonchev–Trinajstić information content (AvgIpc) is 2.68. The Labute approximate surface area is 108 Å². The topological polar surface area (TPSA) is 59.2 Å². The monoisotopic (exact) mass is 296 g/mol. The Bertz CT molecular complexity index is 497. The molecule has 0 aliphatic carbocycles. The van der Waals surface area contributed by atoms with Crippen LogP contribution in [0, 0.1) is 0 Å². The summed E-state index contributed by atoms with van der Waals surface area (Å²) < 4.78 is 6.08. The van der Waals surface area contributed by atoms with E-state index in [1.54, 1.807) is 6.92 Å². The van der Waals surface area contributed by atoms with Crippen molar-refractivity contribution in [1.29, 1.82) is 0 Å². The van der Waals surface area contributed by atoms with Crippen molar-refractivity contribution in [3.63, 3.8) is 0 Å². The predicted octanol–water partition coefficient (Wildman–Crippen LogP) is 2.35. The molecule has 1 heterocycles. The van der Waals surface area contributed by atoms with Gasteiger partial charge < -0.3 is 9.63 Å². The van der Waals surface area contributed by atoms with Crippen LogP contribution in [0.25, 0.3) is 0 Å². The minimum atomic E-state index is -0.466. The van der Waals surface area contributed by atoms with Crippen molar-refractivity contribution in [2.24, 2.45) is 0 Å². The SMILES string of the molecule is CC(O)Cc1nc(Cc2ccccc2Br)no1. The Kier molecular flexibility index (Phi) is 3.91. The van der Waals surface area contributed by atoms with E-state index < -0.39 is 6.10 Å². The van der Waals surface area contributed by atoms with Crippen LogP contribution in [0.4, 0.5) is 0 Å². The molecule has 2 rings (SSSR count). The highest BCUT2D eigenvalue weighted by molar-refractivity contribution is 9.10. The van der Waals surface area contributed by atoms with E-state index in [4.69, 9.17) is 4.52 Å². The Morgan fingerprint density at radius 3 is 2.88 bits per heavy atom. The van der Waals surface area contributed by atoms with Gasteiger partial charge in [0.15, 0.2) is 5.82 Å². The lowest BCUT2D eigenvalue weighted by molar-refractivity contribution is 0.181. The fourth-order valence-corrected chi connectivity index (χ4v) is 1.93. The van der Waals surface area contributed by atoms with Crippen LogP contribution in [0.3, 0.4) is 0 Å². The smallest absolute Gasteiger partial charge is 0.229 e. The molecule has 0 amide bonds. The molecule has 1 atom stereocenters. The molecule has 1 N–H and O–H groups in total. The molecule has 1 aromatic carbocycles. The quantitative estimate of drug-likeness (QED) is 0.941. The molecule has 1 aromatic heterocycles. The van der Waals surface area contributed by atoms with E-state index in [0.717, 1.165) is 10.0 Å². The summed E-state index contributed by atoms with van der Waals surface area (Å²) in [6, 6.07) is 7.92. The molecule has 90 valence electrons. The summed E-state index contributed by atoms with van der Waals surface area (Å²) >= 11 is 3.47. The zero-order valence-electron chi connectivity index (χ0n) is 9.43. The van der Waals surface area contributed by atoms with Gasteiger partial charge in [0.1, 0.15) is 0 Å². The van der Waals surface area contributed by atoms with Gasteiger partial charge in [-0.1, -0.05) is 39.3 Å². The van der Waals surface area contributed by atoms with Crippen LogP contribution in [0.15, 0.2) is 33.3 Å². The van der Waals surface area contributed by atoms with Crippen LogP contribution in [-0.4, -0.2) is 21.4 Å². The standard InChI is InChI=1S/C12H13BrN2O2/c1-8(16)6-12-14-11(15-17-12)7-9-4-2-3-5-10(9)13/h2-5,8,16H,6-7H2,1H3. The molecule has 0 fully saturated rings. The van der Waals surface area contributed by atoms with Gasteiger partial charge in [-0.25, -0.2) is 0 Å². The van der Waals surface area contributed by atoms with Gasteiger partial charge in [-0.2, -0.15) is 4.98 Å². The highest BCUT2D eigenvalue weighted by Gasteiger charge is 2.10. The molecule has 2 aromatic rings. The summed E-state index contributed by atoms with van der Waals surface area (Å²) in [5, 5.41) is 13.1.